The van der Waals surface area contributed by atoms with Crippen LogP contribution >= 0.6 is 0 Å². The van der Waals surface area contributed by atoms with Gasteiger partial charge in [-0.25, -0.2) is 0 Å². The molecule has 0 amide bonds. The lowest BCUT2D eigenvalue weighted by atomic mass is 10.4. The molecule has 0 radical (unpaired) electrons. The van der Waals surface area contributed by atoms with Crippen molar-refractivity contribution in [2.24, 2.45) is 0 Å². The zero-order chi connectivity index (χ0) is 10.5. The largest absolute Gasteiger partial charge is 0.387 e. The highest BCUT2D eigenvalue weighted by atomic mass is 14.8. The normalized spacial score (nSPS) is 15.3. The zero-order valence-corrected chi connectivity index (χ0v) is 9.03. The molecule has 2 heterocycles. The molecule has 0 bridgehead atoms. The summed E-state index contributed by atoms with van der Waals surface area (Å²) in [4.78, 5) is 0. The van der Waals surface area contributed by atoms with Crippen LogP contribution in [-0.2, 0) is 0 Å². The molecule has 0 unspecified atom stereocenters. The van der Waals surface area contributed by atoms with Gasteiger partial charge in [0, 0.05) is 6.54 Å². The second-order valence-electron chi connectivity index (χ2n) is 2.40. The van der Waals surface area contributed by atoms with Crippen molar-refractivity contribution < 1.29 is 0 Å². The Labute approximate surface area is 87.1 Å². The molecule has 2 aliphatic rings. The maximum atomic E-state index is 3.02. The number of hydrogen-bond acceptors (Lipinski definition) is 2. The van der Waals surface area contributed by atoms with Crippen molar-refractivity contribution in [3.63, 3.8) is 0 Å². The average molecular weight is 192 g/mol. The Hall–Kier alpha value is -1.44. The maximum Gasteiger partial charge on any atom is 0.0328 e. The van der Waals surface area contributed by atoms with Crippen LogP contribution in [-0.4, -0.2) is 6.54 Å². The Kier molecular flexibility index (Phi) is 10.4. The van der Waals surface area contributed by atoms with E-state index in [4.69, 9.17) is 0 Å². The second-order valence-corrected chi connectivity index (χ2v) is 2.40. The van der Waals surface area contributed by atoms with Crippen molar-refractivity contribution in [2.45, 2.75) is 20.3 Å². The van der Waals surface area contributed by atoms with Crippen LogP contribution in [0.25, 0.3) is 0 Å². The Balaban J connectivity index is 0.000000206. The first kappa shape index (κ1) is 12.6. The lowest BCUT2D eigenvalue weighted by Gasteiger charge is -1.94. The van der Waals surface area contributed by atoms with Crippen molar-refractivity contribution in [1.29, 1.82) is 0 Å². The molecular formula is C12H20N2. The van der Waals surface area contributed by atoms with E-state index in [-0.39, 0.29) is 0 Å². The summed E-state index contributed by atoms with van der Waals surface area (Å²) in [5.74, 6) is 0. The predicted molar refractivity (Wildman–Crippen MR) is 63.7 cm³/mol. The van der Waals surface area contributed by atoms with Crippen LogP contribution in [0.4, 0.5) is 0 Å². The summed E-state index contributed by atoms with van der Waals surface area (Å²) in [6.45, 7) is 4.98. The fourth-order valence-corrected chi connectivity index (χ4v) is 0.813. The summed E-state index contributed by atoms with van der Waals surface area (Å²) in [6, 6.07) is 0. The number of hydrogen-bond donors (Lipinski definition) is 2. The van der Waals surface area contributed by atoms with Gasteiger partial charge in [-0.15, -0.1) is 0 Å². The number of dihydropyridines is 2. The lowest BCUT2D eigenvalue weighted by molar-refractivity contribution is 0.972. The summed E-state index contributed by atoms with van der Waals surface area (Å²) >= 11 is 0. The van der Waals surface area contributed by atoms with Crippen molar-refractivity contribution >= 4 is 0 Å². The molecule has 0 aromatic heterocycles. The van der Waals surface area contributed by atoms with E-state index >= 15 is 0 Å². The van der Waals surface area contributed by atoms with Gasteiger partial charge in [-0.05, 0) is 31.1 Å². The Morgan fingerprint density at radius 2 is 1.57 bits per heavy atom. The van der Waals surface area contributed by atoms with E-state index in [2.05, 4.69) is 28.9 Å². The van der Waals surface area contributed by atoms with Crippen LogP contribution in [0.1, 0.15) is 20.3 Å². The molecule has 2 aliphatic heterocycles. The van der Waals surface area contributed by atoms with Crippen LogP contribution in [0.3, 0.4) is 0 Å². The fourth-order valence-electron chi connectivity index (χ4n) is 0.813. The Morgan fingerprint density at radius 1 is 0.857 bits per heavy atom. The molecule has 2 nitrogen and oxygen atoms in total. The van der Waals surface area contributed by atoms with Gasteiger partial charge in [0.25, 0.3) is 0 Å². The first-order chi connectivity index (χ1) is 7.00. The van der Waals surface area contributed by atoms with E-state index in [1.54, 1.807) is 0 Å². The standard InChI is InChI=1S/2C5H7N.C2H6/c2*1-2-4-6-5-3-1;1-2/h2-6H,1H2;1-4,6H,5H2;1-2H3. The van der Waals surface area contributed by atoms with E-state index in [1.165, 1.54) is 0 Å². The van der Waals surface area contributed by atoms with E-state index in [9.17, 15) is 0 Å². The zero-order valence-electron chi connectivity index (χ0n) is 9.03. The van der Waals surface area contributed by atoms with E-state index < -0.39 is 0 Å². The third-order valence-electron chi connectivity index (χ3n) is 1.40. The van der Waals surface area contributed by atoms with E-state index in [1.807, 2.05) is 44.6 Å². The van der Waals surface area contributed by atoms with Gasteiger partial charge in [0.05, 0.1) is 0 Å². The number of allylic oxidation sites excluding steroid dienone is 4. The highest BCUT2D eigenvalue weighted by molar-refractivity contribution is 5.06. The van der Waals surface area contributed by atoms with Crippen LogP contribution in [0, 0.1) is 0 Å². The van der Waals surface area contributed by atoms with Gasteiger partial charge < -0.3 is 10.6 Å². The van der Waals surface area contributed by atoms with Crippen molar-refractivity contribution in [3.05, 3.63) is 49.0 Å². The third-order valence-corrected chi connectivity index (χ3v) is 1.40. The summed E-state index contributed by atoms with van der Waals surface area (Å²) in [7, 11) is 0. The molecule has 14 heavy (non-hydrogen) atoms. The van der Waals surface area contributed by atoms with Crippen LogP contribution < -0.4 is 10.6 Å². The molecule has 0 aromatic carbocycles. The molecule has 0 atom stereocenters. The molecule has 0 aromatic rings. The Morgan fingerprint density at radius 3 is 1.71 bits per heavy atom. The summed E-state index contributed by atoms with van der Waals surface area (Å²) in [6.07, 6.45) is 17.1. The van der Waals surface area contributed by atoms with Crippen molar-refractivity contribution in [3.8, 4) is 0 Å². The van der Waals surface area contributed by atoms with Gasteiger partial charge in [-0.1, -0.05) is 38.2 Å². The van der Waals surface area contributed by atoms with Gasteiger partial charge in [-0.3, -0.25) is 0 Å². The minimum Gasteiger partial charge on any atom is -0.387 e. The number of rotatable bonds is 0. The molecule has 0 saturated carbocycles. The predicted octanol–water partition coefficient (Wildman–Crippen LogP) is 2.69. The molecule has 0 spiro atoms. The fraction of sp³-hybridized carbons (Fsp3) is 0.333. The second kappa shape index (κ2) is 11.6. The average Bonchev–Trinajstić information content (AvgIpc) is 2.37. The molecular weight excluding hydrogens is 172 g/mol. The van der Waals surface area contributed by atoms with Gasteiger partial charge in [0.1, 0.15) is 0 Å². The topological polar surface area (TPSA) is 24.1 Å². The molecule has 78 valence electrons. The van der Waals surface area contributed by atoms with Gasteiger partial charge >= 0.3 is 0 Å². The maximum absolute atomic E-state index is 3.02. The molecule has 0 fully saturated rings. The van der Waals surface area contributed by atoms with Crippen LogP contribution in [0.15, 0.2) is 49.0 Å². The SMILES string of the molecule is C1=CCNC=C1.C1=CNC=CC1.CC. The van der Waals surface area contributed by atoms with Gasteiger partial charge in [0.15, 0.2) is 0 Å². The van der Waals surface area contributed by atoms with Crippen LogP contribution in [0.2, 0.25) is 0 Å². The molecule has 0 aliphatic carbocycles. The van der Waals surface area contributed by atoms with Crippen molar-refractivity contribution in [1.82, 2.24) is 10.6 Å². The minimum absolute atomic E-state index is 0.983. The third kappa shape index (κ3) is 8.65. The van der Waals surface area contributed by atoms with E-state index in [0.29, 0.717) is 0 Å². The van der Waals surface area contributed by atoms with E-state index in [0.717, 1.165) is 13.0 Å². The highest BCUT2D eigenvalue weighted by Crippen LogP contribution is 1.86. The summed E-state index contributed by atoms with van der Waals surface area (Å²) < 4.78 is 0. The monoisotopic (exact) mass is 192 g/mol. The first-order valence-electron chi connectivity index (χ1n) is 5.11. The minimum atomic E-state index is 0.983. The summed E-state index contributed by atoms with van der Waals surface area (Å²) in [5.41, 5.74) is 0. The summed E-state index contributed by atoms with van der Waals surface area (Å²) in [5, 5.41) is 5.94. The number of nitrogens with one attached hydrogen (secondary N) is 2. The van der Waals surface area contributed by atoms with Gasteiger partial charge in [0.2, 0.25) is 0 Å². The molecule has 2 N–H and O–H groups in total. The Bertz CT molecular complexity index is 180. The highest BCUT2D eigenvalue weighted by Gasteiger charge is 1.74. The molecule has 0 saturated heterocycles. The molecule has 2 heteroatoms. The first-order valence-corrected chi connectivity index (χ1v) is 5.11. The smallest absolute Gasteiger partial charge is 0.0328 e. The van der Waals surface area contributed by atoms with Crippen LogP contribution in [0.5, 0.6) is 0 Å². The lowest BCUT2D eigenvalue weighted by Crippen LogP contribution is -2.05. The van der Waals surface area contributed by atoms with Crippen molar-refractivity contribution in [2.75, 3.05) is 6.54 Å². The quantitative estimate of drug-likeness (QED) is 0.616. The molecule has 2 rings (SSSR count). The van der Waals surface area contributed by atoms with Gasteiger partial charge in [-0.2, -0.15) is 0 Å².